The number of ether oxygens (including phenoxy) is 1. The second-order valence-electron chi connectivity index (χ2n) is 9.08. The van der Waals surface area contributed by atoms with Gasteiger partial charge in [-0.2, -0.15) is 10.4 Å². The van der Waals surface area contributed by atoms with E-state index in [1.807, 2.05) is 30.5 Å². The topological polar surface area (TPSA) is 85.9 Å². The molecule has 1 N–H and O–H groups in total. The van der Waals surface area contributed by atoms with Crippen molar-refractivity contribution in [2.24, 2.45) is 0 Å². The van der Waals surface area contributed by atoms with Crippen LogP contribution in [-0.2, 0) is 11.4 Å². The highest BCUT2D eigenvalue weighted by atomic mass is 16.5. The summed E-state index contributed by atoms with van der Waals surface area (Å²) in [7, 11) is 2.15. The van der Waals surface area contributed by atoms with E-state index in [0.717, 1.165) is 42.9 Å². The average molecular weight is 493 g/mol. The Balaban J connectivity index is 1.41. The highest BCUT2D eigenvalue weighted by Crippen LogP contribution is 2.32. The van der Waals surface area contributed by atoms with Gasteiger partial charge in [-0.15, -0.1) is 0 Å². The minimum absolute atomic E-state index is 0.259. The first-order valence-electron chi connectivity index (χ1n) is 12.1. The highest BCUT2D eigenvalue weighted by molar-refractivity contribution is 5.98. The maximum atomic E-state index is 11.7. The van der Waals surface area contributed by atoms with Gasteiger partial charge in [0.15, 0.2) is 0 Å². The molecule has 8 nitrogen and oxygen atoms in total. The molecule has 0 unspecified atom stereocenters. The molecule has 0 atom stereocenters. The van der Waals surface area contributed by atoms with Crippen LogP contribution in [0.2, 0.25) is 0 Å². The first kappa shape index (κ1) is 24.1. The summed E-state index contributed by atoms with van der Waals surface area (Å²) in [5.74, 6) is 0.291. The van der Waals surface area contributed by atoms with Crippen molar-refractivity contribution in [3.63, 3.8) is 0 Å². The zero-order valence-electron chi connectivity index (χ0n) is 20.7. The van der Waals surface area contributed by atoms with Gasteiger partial charge in [0, 0.05) is 49.3 Å². The van der Waals surface area contributed by atoms with Crippen LogP contribution in [0.25, 0.3) is 16.6 Å². The number of nitriles is 1. The van der Waals surface area contributed by atoms with Crippen molar-refractivity contribution >= 4 is 22.8 Å². The molecule has 0 saturated carbocycles. The minimum atomic E-state index is -0.274. The summed E-state index contributed by atoms with van der Waals surface area (Å²) in [4.78, 5) is 16.4. The number of carbonyl (C=O) groups is 1. The average Bonchev–Trinajstić information content (AvgIpc) is 3.36. The maximum absolute atomic E-state index is 11.7. The number of benzene rings is 2. The van der Waals surface area contributed by atoms with Crippen molar-refractivity contribution < 1.29 is 9.53 Å². The lowest BCUT2D eigenvalue weighted by Crippen LogP contribution is -2.44. The van der Waals surface area contributed by atoms with E-state index in [1.165, 1.54) is 11.8 Å². The normalized spacial score (nSPS) is 13.8. The zero-order chi connectivity index (χ0) is 25.8. The third-order valence-electron chi connectivity index (χ3n) is 6.54. The summed E-state index contributed by atoms with van der Waals surface area (Å²) < 4.78 is 7.92. The first-order chi connectivity index (χ1) is 18.0. The number of nitrogens with zero attached hydrogens (tertiary/aromatic N) is 5. The number of hydrogen-bond acceptors (Lipinski definition) is 6. The van der Waals surface area contributed by atoms with Crippen LogP contribution in [0.3, 0.4) is 0 Å². The van der Waals surface area contributed by atoms with Gasteiger partial charge in [-0.3, -0.25) is 4.79 Å². The van der Waals surface area contributed by atoms with Crippen LogP contribution in [0.5, 0.6) is 5.75 Å². The lowest BCUT2D eigenvalue weighted by atomic mass is 10.1. The summed E-state index contributed by atoms with van der Waals surface area (Å²) in [6.07, 6.45) is 4.69. The summed E-state index contributed by atoms with van der Waals surface area (Å²) in [5, 5.41) is 16.8. The van der Waals surface area contributed by atoms with E-state index >= 15 is 0 Å². The molecule has 186 valence electrons. The van der Waals surface area contributed by atoms with Gasteiger partial charge in [0.2, 0.25) is 5.91 Å². The third kappa shape index (κ3) is 5.32. The minimum Gasteiger partial charge on any atom is -0.487 e. The van der Waals surface area contributed by atoms with Crippen LogP contribution < -0.4 is 15.0 Å². The SMILES string of the molecule is C=CC(=O)Nc1cccc(COc2cc(-c3ccc(N4CCN(C)CC4)cc3)cn3ncc(C#N)c23)c1. The number of fused-ring (bicyclic) bond motifs is 1. The lowest BCUT2D eigenvalue weighted by Gasteiger charge is -2.34. The number of amides is 1. The van der Waals surface area contributed by atoms with E-state index < -0.39 is 0 Å². The van der Waals surface area contributed by atoms with Crippen molar-refractivity contribution in [3.05, 3.63) is 90.8 Å². The second-order valence-corrected chi connectivity index (χ2v) is 9.08. The molecule has 1 aliphatic rings. The van der Waals surface area contributed by atoms with Crippen molar-refractivity contribution in [1.29, 1.82) is 5.26 Å². The molecule has 5 rings (SSSR count). The molecule has 2 aromatic carbocycles. The van der Waals surface area contributed by atoms with Gasteiger partial charge in [-0.25, -0.2) is 4.52 Å². The van der Waals surface area contributed by atoms with E-state index in [0.29, 0.717) is 22.5 Å². The molecule has 37 heavy (non-hydrogen) atoms. The standard InChI is InChI=1S/C29H28N6O2/c1-3-28(36)32-25-6-4-5-21(15-25)20-37-27-16-23(19-35-29(27)24(17-30)18-31-35)22-7-9-26(10-8-22)34-13-11-33(2)12-14-34/h3-10,15-16,18-19H,1,11-14,20H2,2H3,(H,32,36). The molecule has 1 aliphatic heterocycles. The van der Waals surface area contributed by atoms with Crippen molar-refractivity contribution in [3.8, 4) is 22.9 Å². The fraction of sp³-hybridized carbons (Fsp3) is 0.207. The second kappa shape index (κ2) is 10.6. The maximum Gasteiger partial charge on any atom is 0.247 e. The van der Waals surface area contributed by atoms with Crippen molar-refractivity contribution in [2.75, 3.05) is 43.4 Å². The van der Waals surface area contributed by atoms with Crippen molar-refractivity contribution in [2.45, 2.75) is 6.61 Å². The van der Waals surface area contributed by atoms with Crippen LogP contribution >= 0.6 is 0 Å². The molecule has 0 spiro atoms. The summed E-state index contributed by atoms with van der Waals surface area (Å²) in [6, 6.07) is 20.1. The van der Waals surface area contributed by atoms with E-state index in [1.54, 1.807) is 16.8 Å². The smallest absolute Gasteiger partial charge is 0.247 e. The third-order valence-corrected chi connectivity index (χ3v) is 6.54. The van der Waals surface area contributed by atoms with Crippen LogP contribution in [0, 0.1) is 11.3 Å². The first-order valence-corrected chi connectivity index (χ1v) is 12.1. The molecule has 1 amide bonds. The Morgan fingerprint density at radius 3 is 2.65 bits per heavy atom. The van der Waals surface area contributed by atoms with Crippen LogP contribution in [0.15, 0.2) is 79.6 Å². The summed E-state index contributed by atoms with van der Waals surface area (Å²) in [6.45, 7) is 7.89. The fourth-order valence-electron chi connectivity index (χ4n) is 4.46. The number of rotatable bonds is 7. The monoisotopic (exact) mass is 492 g/mol. The highest BCUT2D eigenvalue weighted by Gasteiger charge is 2.16. The summed E-state index contributed by atoms with van der Waals surface area (Å²) in [5.41, 5.74) is 5.78. The zero-order valence-corrected chi connectivity index (χ0v) is 20.7. The van der Waals surface area contributed by atoms with Gasteiger partial charge < -0.3 is 19.9 Å². The van der Waals surface area contributed by atoms with Gasteiger partial charge in [0.25, 0.3) is 0 Å². The Hall–Kier alpha value is -4.61. The number of likely N-dealkylation sites (N-methyl/N-ethyl adjacent to an activating group) is 1. The molecule has 8 heteroatoms. The molecule has 0 bridgehead atoms. The number of anilines is 2. The Kier molecular flexibility index (Phi) is 6.88. The quantitative estimate of drug-likeness (QED) is 0.387. The van der Waals surface area contributed by atoms with E-state index in [2.05, 4.69) is 64.2 Å². The predicted molar refractivity (Wildman–Crippen MR) is 145 cm³/mol. The number of hydrogen-bond donors (Lipinski definition) is 1. The van der Waals surface area contributed by atoms with Crippen LogP contribution in [0.4, 0.5) is 11.4 Å². The molecule has 1 saturated heterocycles. The van der Waals surface area contributed by atoms with Crippen LogP contribution in [0.1, 0.15) is 11.1 Å². The number of nitrogens with one attached hydrogen (secondary N) is 1. The Morgan fingerprint density at radius 2 is 1.92 bits per heavy atom. The molecule has 3 heterocycles. The van der Waals surface area contributed by atoms with E-state index in [9.17, 15) is 10.1 Å². The summed E-state index contributed by atoms with van der Waals surface area (Å²) >= 11 is 0. The number of carbonyl (C=O) groups excluding carboxylic acids is 1. The Bertz CT molecular complexity index is 1480. The van der Waals surface area contributed by atoms with E-state index in [-0.39, 0.29) is 12.5 Å². The van der Waals surface area contributed by atoms with Gasteiger partial charge in [0.05, 0.1) is 6.20 Å². The largest absolute Gasteiger partial charge is 0.487 e. The lowest BCUT2D eigenvalue weighted by molar-refractivity contribution is -0.111. The van der Waals surface area contributed by atoms with E-state index in [4.69, 9.17) is 4.74 Å². The fourth-order valence-corrected chi connectivity index (χ4v) is 4.46. The number of aromatic nitrogens is 2. The van der Waals surface area contributed by atoms with Crippen LogP contribution in [-0.4, -0.2) is 53.6 Å². The van der Waals surface area contributed by atoms with Gasteiger partial charge in [-0.1, -0.05) is 30.8 Å². The van der Waals surface area contributed by atoms with Gasteiger partial charge >= 0.3 is 0 Å². The van der Waals surface area contributed by atoms with Gasteiger partial charge in [-0.05, 0) is 54.6 Å². The molecular formula is C29H28N6O2. The van der Waals surface area contributed by atoms with Gasteiger partial charge in [0.1, 0.15) is 29.5 Å². The number of pyridine rings is 1. The molecule has 2 aromatic heterocycles. The molecular weight excluding hydrogens is 464 g/mol. The number of piperazine rings is 1. The Labute approximate surface area is 216 Å². The molecule has 0 radical (unpaired) electrons. The Morgan fingerprint density at radius 1 is 1.14 bits per heavy atom. The van der Waals surface area contributed by atoms with Crippen molar-refractivity contribution in [1.82, 2.24) is 14.5 Å². The molecule has 0 aliphatic carbocycles. The molecule has 4 aromatic rings. The molecule has 1 fully saturated rings. The predicted octanol–water partition coefficient (Wildman–Crippen LogP) is 4.33.